The Bertz CT molecular complexity index is 948. The van der Waals surface area contributed by atoms with Crippen molar-refractivity contribution in [2.45, 2.75) is 37.5 Å². The second-order valence-corrected chi connectivity index (χ2v) is 12.5. The summed E-state index contributed by atoms with van der Waals surface area (Å²) in [5, 5.41) is 0. The lowest BCUT2D eigenvalue weighted by Crippen LogP contribution is -2.41. The topological polar surface area (TPSA) is 109 Å². The number of sulfonamides is 1. The molecule has 1 saturated heterocycles. The molecule has 1 aromatic carbocycles. The van der Waals surface area contributed by atoms with E-state index in [-0.39, 0.29) is 40.4 Å². The van der Waals surface area contributed by atoms with Crippen molar-refractivity contribution in [3.63, 3.8) is 0 Å². The fraction of sp³-hybridized carbons (Fsp3) is 0.600. The second kappa shape index (κ2) is 11.9. The summed E-state index contributed by atoms with van der Waals surface area (Å²) in [6.45, 7) is 2.84. The molecule has 0 saturated carbocycles. The van der Waals surface area contributed by atoms with Crippen molar-refractivity contribution in [3.8, 4) is 0 Å². The van der Waals surface area contributed by atoms with Crippen LogP contribution in [0.1, 0.15) is 32.6 Å². The molecule has 0 radical (unpaired) electrons. The molecule has 0 unspecified atom stereocenters. The zero-order chi connectivity index (χ0) is 22.9. The second-order valence-electron chi connectivity index (χ2n) is 7.30. The minimum absolute atomic E-state index is 0.0216. The predicted octanol–water partition coefficient (Wildman–Crippen LogP) is 1.77. The molecule has 1 aromatic rings. The first kappa shape index (κ1) is 25.7. The van der Waals surface area contributed by atoms with Gasteiger partial charge in [0, 0.05) is 31.8 Å². The van der Waals surface area contributed by atoms with E-state index >= 15 is 0 Å². The molecule has 2 rings (SSSR count). The van der Waals surface area contributed by atoms with Gasteiger partial charge in [-0.3, -0.25) is 9.59 Å². The van der Waals surface area contributed by atoms with Crippen LogP contribution in [0.25, 0.3) is 0 Å². The molecular weight excluding hydrogens is 460 g/mol. The molecule has 0 spiro atoms. The van der Waals surface area contributed by atoms with Gasteiger partial charge in [0.2, 0.25) is 21.8 Å². The van der Waals surface area contributed by atoms with Gasteiger partial charge in [-0.25, -0.2) is 21.1 Å². The number of amides is 2. The van der Waals surface area contributed by atoms with Crippen LogP contribution in [0.3, 0.4) is 0 Å². The summed E-state index contributed by atoms with van der Waals surface area (Å²) in [5.74, 6) is -0.682. The highest BCUT2D eigenvalue weighted by molar-refractivity contribution is 8.01. The van der Waals surface area contributed by atoms with Crippen molar-refractivity contribution in [3.05, 3.63) is 30.3 Å². The van der Waals surface area contributed by atoms with E-state index in [1.807, 2.05) is 0 Å². The Morgan fingerprint density at radius 1 is 1.13 bits per heavy atom. The maximum absolute atomic E-state index is 12.6. The van der Waals surface area contributed by atoms with Gasteiger partial charge < -0.3 is 4.90 Å². The third-order valence-corrected chi connectivity index (χ3v) is 9.78. The molecule has 31 heavy (non-hydrogen) atoms. The molecule has 8 nitrogen and oxygen atoms in total. The van der Waals surface area contributed by atoms with Crippen LogP contribution in [0.15, 0.2) is 35.2 Å². The Hall–Kier alpha value is -1.59. The molecule has 0 aromatic heterocycles. The zero-order valence-electron chi connectivity index (χ0n) is 17.7. The number of carbonyl (C=O) groups excluding carboxylic acids is 2. The Balaban J connectivity index is 1.88. The number of hydrogen-bond donors (Lipinski definition) is 0. The van der Waals surface area contributed by atoms with Gasteiger partial charge >= 0.3 is 0 Å². The summed E-state index contributed by atoms with van der Waals surface area (Å²) in [4.78, 5) is 26.3. The molecule has 11 heteroatoms. The van der Waals surface area contributed by atoms with E-state index < -0.39 is 25.8 Å². The Labute approximate surface area is 189 Å². The summed E-state index contributed by atoms with van der Waals surface area (Å²) < 4.78 is 50.6. The maximum atomic E-state index is 12.6. The summed E-state index contributed by atoms with van der Waals surface area (Å²) in [7, 11) is -7.19. The van der Waals surface area contributed by atoms with Gasteiger partial charge in [-0.15, -0.1) is 0 Å². The van der Waals surface area contributed by atoms with Crippen molar-refractivity contribution in [2.75, 3.05) is 42.6 Å². The number of carbonyl (C=O) groups is 2. The predicted molar refractivity (Wildman–Crippen MR) is 122 cm³/mol. The minimum atomic E-state index is -3.74. The van der Waals surface area contributed by atoms with E-state index in [2.05, 4.69) is 0 Å². The number of benzene rings is 1. The average Bonchev–Trinajstić information content (AvgIpc) is 3.13. The number of thioether (sulfide) groups is 1. The summed E-state index contributed by atoms with van der Waals surface area (Å²) in [5.41, 5.74) is 0. The monoisotopic (exact) mass is 490 g/mol. The first-order valence-corrected chi connectivity index (χ1v) is 14.8. The fourth-order valence-electron chi connectivity index (χ4n) is 3.28. The van der Waals surface area contributed by atoms with Crippen molar-refractivity contribution < 1.29 is 26.4 Å². The molecule has 174 valence electrons. The van der Waals surface area contributed by atoms with Crippen LogP contribution < -0.4 is 0 Å². The number of rotatable bonds is 13. The SMILES string of the molecule is CCCS(=O)(=O)N(CCCN1CCCC1=O)C(=O)CSCCS(=O)(=O)c1ccccc1. The van der Waals surface area contributed by atoms with E-state index in [1.54, 1.807) is 30.0 Å². The third kappa shape index (κ3) is 7.80. The van der Waals surface area contributed by atoms with Gasteiger partial charge in [0.25, 0.3) is 0 Å². The molecule has 0 N–H and O–H groups in total. The molecule has 0 bridgehead atoms. The molecule has 1 heterocycles. The van der Waals surface area contributed by atoms with E-state index in [0.717, 1.165) is 22.5 Å². The summed E-state index contributed by atoms with van der Waals surface area (Å²) >= 11 is 1.11. The van der Waals surface area contributed by atoms with Crippen molar-refractivity contribution >= 4 is 43.4 Å². The van der Waals surface area contributed by atoms with E-state index in [9.17, 15) is 26.4 Å². The van der Waals surface area contributed by atoms with Crippen molar-refractivity contribution in [1.29, 1.82) is 0 Å². The van der Waals surface area contributed by atoms with Gasteiger partial charge in [-0.1, -0.05) is 25.1 Å². The average molecular weight is 491 g/mol. The molecular formula is C20H30N2O6S3. The van der Waals surface area contributed by atoms with Gasteiger partial charge in [0.1, 0.15) is 0 Å². The maximum Gasteiger partial charge on any atom is 0.246 e. The lowest BCUT2D eigenvalue weighted by Gasteiger charge is -2.24. The highest BCUT2D eigenvalue weighted by Crippen LogP contribution is 2.15. The molecule has 0 aliphatic carbocycles. The van der Waals surface area contributed by atoms with Crippen LogP contribution in [0, 0.1) is 0 Å². The molecule has 1 aliphatic heterocycles. The van der Waals surface area contributed by atoms with Crippen LogP contribution in [-0.2, 0) is 29.4 Å². The first-order chi connectivity index (χ1) is 14.7. The van der Waals surface area contributed by atoms with Crippen LogP contribution in [0.2, 0.25) is 0 Å². The van der Waals surface area contributed by atoms with Crippen molar-refractivity contribution in [2.24, 2.45) is 0 Å². The number of sulfone groups is 1. The zero-order valence-corrected chi connectivity index (χ0v) is 20.2. The highest BCUT2D eigenvalue weighted by atomic mass is 32.2. The van der Waals surface area contributed by atoms with Crippen LogP contribution >= 0.6 is 11.8 Å². The Morgan fingerprint density at radius 3 is 2.45 bits per heavy atom. The minimum Gasteiger partial charge on any atom is -0.343 e. The number of likely N-dealkylation sites (tertiary alicyclic amines) is 1. The third-order valence-electron chi connectivity index (χ3n) is 4.86. The standard InChI is InChI=1S/C20H30N2O6S3/c1-2-15-31(27,28)22(13-7-12-21-11-6-10-19(21)23)20(24)17-29-14-16-30(25,26)18-8-4-3-5-9-18/h3-5,8-9H,2,6-7,10-17H2,1H3. The number of nitrogens with zero attached hydrogens (tertiary/aromatic N) is 2. The van der Waals surface area contributed by atoms with E-state index in [0.29, 0.717) is 32.4 Å². The van der Waals surface area contributed by atoms with E-state index in [1.165, 1.54) is 12.1 Å². The normalized spacial score (nSPS) is 14.7. The molecule has 0 atom stereocenters. The van der Waals surface area contributed by atoms with Gasteiger partial charge in [0.15, 0.2) is 9.84 Å². The number of hydrogen-bond acceptors (Lipinski definition) is 7. The Morgan fingerprint density at radius 2 is 1.84 bits per heavy atom. The largest absolute Gasteiger partial charge is 0.343 e. The summed E-state index contributed by atoms with van der Waals surface area (Å²) in [6, 6.07) is 8.08. The van der Waals surface area contributed by atoms with Gasteiger partial charge in [-0.2, -0.15) is 11.8 Å². The molecule has 1 aliphatic rings. The summed E-state index contributed by atoms with van der Waals surface area (Å²) in [6.07, 6.45) is 2.09. The van der Waals surface area contributed by atoms with Crippen LogP contribution in [0.4, 0.5) is 0 Å². The fourth-order valence-corrected chi connectivity index (χ4v) is 7.51. The Kier molecular flexibility index (Phi) is 9.83. The van der Waals surface area contributed by atoms with Gasteiger partial charge in [-0.05, 0) is 31.4 Å². The van der Waals surface area contributed by atoms with Gasteiger partial charge in [0.05, 0.1) is 22.2 Å². The smallest absolute Gasteiger partial charge is 0.246 e. The highest BCUT2D eigenvalue weighted by Gasteiger charge is 2.27. The van der Waals surface area contributed by atoms with Crippen LogP contribution in [-0.4, -0.2) is 80.5 Å². The van der Waals surface area contributed by atoms with Crippen molar-refractivity contribution in [1.82, 2.24) is 9.21 Å². The lowest BCUT2D eigenvalue weighted by atomic mass is 10.4. The lowest BCUT2D eigenvalue weighted by molar-refractivity contribution is -0.127. The molecule has 1 fully saturated rings. The molecule has 2 amide bonds. The van der Waals surface area contributed by atoms with Crippen LogP contribution in [0.5, 0.6) is 0 Å². The first-order valence-electron chi connectivity index (χ1n) is 10.3. The van der Waals surface area contributed by atoms with E-state index in [4.69, 9.17) is 0 Å². The quantitative estimate of drug-likeness (QED) is 0.388.